The third-order valence-electron chi connectivity index (χ3n) is 4.35. The van der Waals surface area contributed by atoms with Gasteiger partial charge in [0.2, 0.25) is 5.91 Å². The van der Waals surface area contributed by atoms with Gasteiger partial charge in [0.25, 0.3) is 0 Å². The lowest BCUT2D eigenvalue weighted by molar-refractivity contribution is -0.121. The number of nitrogens with zero attached hydrogens (tertiary/aromatic N) is 1. The van der Waals surface area contributed by atoms with Crippen LogP contribution in [0.25, 0.3) is 0 Å². The highest BCUT2D eigenvalue weighted by Gasteiger charge is 2.39. The molecule has 1 amide bonds. The van der Waals surface area contributed by atoms with Gasteiger partial charge in [-0.25, -0.2) is 0 Å². The zero-order chi connectivity index (χ0) is 15.0. The number of amides is 1. The van der Waals surface area contributed by atoms with Crippen LogP contribution in [0.4, 0.5) is 5.00 Å². The minimum Gasteiger partial charge on any atom is -0.379 e. The summed E-state index contributed by atoms with van der Waals surface area (Å²) in [6.07, 6.45) is 3.52. The molecule has 3 N–H and O–H groups in total. The highest BCUT2D eigenvalue weighted by atomic mass is 32.1. The Labute approximate surface area is 128 Å². The van der Waals surface area contributed by atoms with E-state index in [0.29, 0.717) is 29.5 Å². The molecule has 3 rings (SSSR count). The molecule has 1 aliphatic carbocycles. The maximum atomic E-state index is 12.4. The van der Waals surface area contributed by atoms with Crippen LogP contribution in [-0.4, -0.2) is 24.7 Å². The van der Waals surface area contributed by atoms with Crippen LogP contribution in [0.2, 0.25) is 0 Å². The van der Waals surface area contributed by atoms with Crippen LogP contribution in [0.1, 0.15) is 35.8 Å². The first kappa shape index (κ1) is 14.5. The quantitative estimate of drug-likeness (QED) is 0.872. The van der Waals surface area contributed by atoms with Crippen molar-refractivity contribution in [1.82, 2.24) is 0 Å². The minimum atomic E-state index is -0.968. The number of anilines is 1. The third kappa shape index (κ3) is 2.57. The van der Waals surface area contributed by atoms with E-state index in [1.54, 1.807) is 0 Å². The number of hydrogen-bond donors (Lipinski definition) is 2. The van der Waals surface area contributed by atoms with Gasteiger partial charge >= 0.3 is 0 Å². The molecule has 1 aromatic rings. The summed E-state index contributed by atoms with van der Waals surface area (Å²) >= 11 is 1.53. The van der Waals surface area contributed by atoms with Crippen LogP contribution >= 0.6 is 11.3 Å². The number of nitrogens with one attached hydrogen (secondary N) is 1. The first-order chi connectivity index (χ1) is 10.0. The Morgan fingerprint density at radius 1 is 1.62 bits per heavy atom. The van der Waals surface area contributed by atoms with Crippen LogP contribution in [0, 0.1) is 17.2 Å². The van der Waals surface area contributed by atoms with E-state index < -0.39 is 5.54 Å². The summed E-state index contributed by atoms with van der Waals surface area (Å²) in [4.78, 5) is 13.6. The number of thiophene rings is 1. The average Bonchev–Trinajstić information content (AvgIpc) is 3.02. The lowest BCUT2D eigenvalue weighted by Gasteiger charge is -2.20. The largest absolute Gasteiger partial charge is 0.379 e. The predicted octanol–water partition coefficient (Wildman–Crippen LogP) is 1.80. The highest BCUT2D eigenvalue weighted by Crippen LogP contribution is 2.39. The van der Waals surface area contributed by atoms with Gasteiger partial charge in [0.15, 0.2) is 0 Å². The maximum absolute atomic E-state index is 12.4. The third-order valence-corrected chi connectivity index (χ3v) is 5.52. The standard InChI is InChI=1S/C15H19N3O2S/c1-9-2-3-10-11(7-16)13(21-12(10)6-9)18-14(19)15(17)4-5-20-8-15/h9H,2-6,8,17H2,1H3,(H,18,19). The smallest absolute Gasteiger partial charge is 0.247 e. The van der Waals surface area contributed by atoms with Gasteiger partial charge in [0.1, 0.15) is 16.6 Å². The Morgan fingerprint density at radius 3 is 3.10 bits per heavy atom. The summed E-state index contributed by atoms with van der Waals surface area (Å²) in [6.45, 7) is 2.97. The minimum absolute atomic E-state index is 0.239. The van der Waals surface area contributed by atoms with Gasteiger partial charge in [-0.1, -0.05) is 6.92 Å². The van der Waals surface area contributed by atoms with Crippen molar-refractivity contribution in [3.05, 3.63) is 16.0 Å². The van der Waals surface area contributed by atoms with Crippen LogP contribution in [0.5, 0.6) is 0 Å². The molecule has 5 nitrogen and oxygen atoms in total. The fourth-order valence-electron chi connectivity index (χ4n) is 2.94. The van der Waals surface area contributed by atoms with E-state index in [-0.39, 0.29) is 12.5 Å². The van der Waals surface area contributed by atoms with E-state index in [1.807, 2.05) is 0 Å². The van der Waals surface area contributed by atoms with Gasteiger partial charge in [0, 0.05) is 11.5 Å². The molecule has 1 aliphatic heterocycles. The Morgan fingerprint density at radius 2 is 2.43 bits per heavy atom. The SMILES string of the molecule is CC1CCc2c(sc(NC(=O)C3(N)CCOC3)c2C#N)C1. The molecule has 0 saturated carbocycles. The van der Waals surface area contributed by atoms with E-state index in [0.717, 1.165) is 24.8 Å². The van der Waals surface area contributed by atoms with Crippen molar-refractivity contribution in [2.75, 3.05) is 18.5 Å². The molecule has 0 bridgehead atoms. The van der Waals surface area contributed by atoms with Crippen LogP contribution < -0.4 is 11.1 Å². The van der Waals surface area contributed by atoms with Crippen molar-refractivity contribution in [3.63, 3.8) is 0 Å². The molecule has 1 saturated heterocycles. The van der Waals surface area contributed by atoms with Crippen molar-refractivity contribution in [2.45, 2.75) is 38.1 Å². The van der Waals surface area contributed by atoms with Crippen LogP contribution in [0.3, 0.4) is 0 Å². The zero-order valence-electron chi connectivity index (χ0n) is 12.1. The number of fused-ring (bicyclic) bond motifs is 1. The number of hydrogen-bond acceptors (Lipinski definition) is 5. The van der Waals surface area contributed by atoms with Gasteiger partial charge in [0.05, 0.1) is 12.2 Å². The summed E-state index contributed by atoms with van der Waals surface area (Å²) in [5.41, 5.74) is 6.84. The van der Waals surface area contributed by atoms with Gasteiger partial charge in [-0.3, -0.25) is 4.79 Å². The van der Waals surface area contributed by atoms with Crippen LogP contribution in [0.15, 0.2) is 0 Å². The second-order valence-electron chi connectivity index (χ2n) is 6.08. The molecular weight excluding hydrogens is 286 g/mol. The van der Waals surface area contributed by atoms with E-state index in [4.69, 9.17) is 10.5 Å². The molecule has 2 unspecified atom stereocenters. The summed E-state index contributed by atoms with van der Waals surface area (Å²) in [5.74, 6) is 0.387. The summed E-state index contributed by atoms with van der Waals surface area (Å²) < 4.78 is 5.22. The zero-order valence-corrected chi connectivity index (χ0v) is 12.9. The number of nitriles is 1. The number of rotatable bonds is 2. The molecule has 6 heteroatoms. The van der Waals surface area contributed by atoms with Gasteiger partial charge < -0.3 is 15.8 Å². The monoisotopic (exact) mass is 305 g/mol. The Bertz CT molecular complexity index is 611. The van der Waals surface area contributed by atoms with Crippen molar-refractivity contribution >= 4 is 22.2 Å². The molecule has 0 spiro atoms. The normalized spacial score (nSPS) is 28.0. The van der Waals surface area contributed by atoms with E-state index in [1.165, 1.54) is 16.2 Å². The molecule has 112 valence electrons. The average molecular weight is 305 g/mol. The molecule has 2 atom stereocenters. The highest BCUT2D eigenvalue weighted by molar-refractivity contribution is 7.16. The van der Waals surface area contributed by atoms with Crippen LogP contribution in [-0.2, 0) is 22.4 Å². The Kier molecular flexibility index (Phi) is 3.74. The van der Waals surface area contributed by atoms with E-state index in [2.05, 4.69) is 18.3 Å². The van der Waals surface area contributed by atoms with E-state index in [9.17, 15) is 10.1 Å². The topological polar surface area (TPSA) is 88.1 Å². The van der Waals surface area contributed by atoms with Crippen molar-refractivity contribution in [1.29, 1.82) is 5.26 Å². The lowest BCUT2D eigenvalue weighted by atomic mass is 9.88. The van der Waals surface area contributed by atoms with Crippen molar-refractivity contribution in [2.24, 2.45) is 11.7 Å². The molecule has 0 radical (unpaired) electrons. The fourth-order valence-corrected chi connectivity index (χ4v) is 4.30. The molecule has 2 heterocycles. The van der Waals surface area contributed by atoms with E-state index >= 15 is 0 Å². The lowest BCUT2D eigenvalue weighted by Crippen LogP contribution is -2.51. The molecule has 1 aromatic heterocycles. The maximum Gasteiger partial charge on any atom is 0.247 e. The molecule has 0 aromatic carbocycles. The van der Waals surface area contributed by atoms with Crippen molar-refractivity contribution in [3.8, 4) is 6.07 Å². The summed E-state index contributed by atoms with van der Waals surface area (Å²) in [7, 11) is 0. The second kappa shape index (κ2) is 5.41. The first-order valence-corrected chi connectivity index (χ1v) is 8.08. The van der Waals surface area contributed by atoms with Gasteiger partial charge in [-0.15, -0.1) is 11.3 Å². The first-order valence-electron chi connectivity index (χ1n) is 7.26. The number of carbonyl (C=O) groups excluding carboxylic acids is 1. The molecule has 21 heavy (non-hydrogen) atoms. The number of carbonyl (C=O) groups is 1. The number of ether oxygens (including phenoxy) is 1. The van der Waals surface area contributed by atoms with Gasteiger partial charge in [-0.05, 0) is 37.2 Å². The molecule has 2 aliphatic rings. The summed E-state index contributed by atoms with van der Waals surface area (Å²) in [5, 5.41) is 12.9. The molecule has 1 fully saturated rings. The fraction of sp³-hybridized carbons (Fsp3) is 0.600. The Balaban J connectivity index is 1.86. The predicted molar refractivity (Wildman–Crippen MR) is 81.2 cm³/mol. The molecular formula is C15H19N3O2S. The Hall–Kier alpha value is -1.42. The van der Waals surface area contributed by atoms with Crippen molar-refractivity contribution < 1.29 is 9.53 Å². The second-order valence-corrected chi connectivity index (χ2v) is 7.19. The summed E-state index contributed by atoms with van der Waals surface area (Å²) in [6, 6.07) is 2.25. The van der Waals surface area contributed by atoms with Gasteiger partial charge in [-0.2, -0.15) is 5.26 Å². The number of nitrogens with two attached hydrogens (primary N) is 1.